The Morgan fingerprint density at radius 3 is 2.50 bits per heavy atom. The number of alkyl halides is 3. The molecule has 1 aliphatic rings. The lowest BCUT2D eigenvalue weighted by Gasteiger charge is -2.18. The summed E-state index contributed by atoms with van der Waals surface area (Å²) in [5.74, 6) is 0. The third kappa shape index (κ3) is 2.99. The first-order valence-corrected chi connectivity index (χ1v) is 6.76. The Morgan fingerprint density at radius 1 is 1.33 bits per heavy atom. The maximum Gasteiger partial charge on any atom is 0.418 e. The predicted molar refractivity (Wildman–Crippen MR) is 69.6 cm³/mol. The number of hydrogen-bond acceptors (Lipinski definition) is 1. The summed E-state index contributed by atoms with van der Waals surface area (Å²) in [5.41, 5.74) is -0.222. The Balaban J connectivity index is 2.18. The SMILES string of the molecule is CCC1(CNc2cc(Br)ccc2C(F)(F)F)CC1. The van der Waals surface area contributed by atoms with Crippen LogP contribution in [0, 0.1) is 5.41 Å². The zero-order valence-corrected chi connectivity index (χ0v) is 11.7. The molecule has 0 bridgehead atoms. The molecule has 0 heterocycles. The molecule has 0 saturated heterocycles. The van der Waals surface area contributed by atoms with Crippen LogP contribution in [0.3, 0.4) is 0 Å². The average Bonchev–Trinajstić information content (AvgIpc) is 3.05. The van der Waals surface area contributed by atoms with Crippen LogP contribution in [0.25, 0.3) is 0 Å². The van der Waals surface area contributed by atoms with Crippen molar-refractivity contribution in [2.24, 2.45) is 5.41 Å². The van der Waals surface area contributed by atoms with Gasteiger partial charge in [-0.15, -0.1) is 0 Å². The summed E-state index contributed by atoms with van der Waals surface area (Å²) in [5, 5.41) is 2.96. The van der Waals surface area contributed by atoms with Gasteiger partial charge in [-0.25, -0.2) is 0 Å². The standard InChI is InChI=1S/C13H15BrF3N/c1-2-12(5-6-12)8-18-11-7-9(14)3-4-10(11)13(15,16)17/h3-4,7,18H,2,5-6,8H2,1H3. The first-order chi connectivity index (χ1) is 8.36. The van der Waals surface area contributed by atoms with Crippen molar-refractivity contribution in [1.29, 1.82) is 0 Å². The van der Waals surface area contributed by atoms with E-state index in [1.54, 1.807) is 0 Å². The smallest absolute Gasteiger partial charge is 0.384 e. The van der Waals surface area contributed by atoms with E-state index < -0.39 is 11.7 Å². The average molecular weight is 322 g/mol. The maximum atomic E-state index is 12.8. The maximum absolute atomic E-state index is 12.8. The van der Waals surface area contributed by atoms with Crippen LogP contribution in [0.2, 0.25) is 0 Å². The second kappa shape index (κ2) is 4.76. The van der Waals surface area contributed by atoms with Crippen molar-refractivity contribution in [2.45, 2.75) is 32.4 Å². The molecule has 5 heteroatoms. The topological polar surface area (TPSA) is 12.0 Å². The summed E-state index contributed by atoms with van der Waals surface area (Å²) in [6.45, 7) is 2.70. The van der Waals surface area contributed by atoms with Crippen molar-refractivity contribution in [1.82, 2.24) is 0 Å². The fourth-order valence-electron chi connectivity index (χ4n) is 2.02. The normalized spacial score (nSPS) is 17.6. The Kier molecular flexibility index (Phi) is 3.63. The van der Waals surface area contributed by atoms with Gasteiger partial charge < -0.3 is 5.32 Å². The molecule has 0 aromatic heterocycles. The lowest BCUT2D eigenvalue weighted by atomic mass is 10.0. The minimum atomic E-state index is -4.31. The number of halogens is 4. The number of nitrogens with one attached hydrogen (secondary N) is 1. The molecule has 0 amide bonds. The van der Waals surface area contributed by atoms with Crippen LogP contribution in [-0.4, -0.2) is 6.54 Å². The van der Waals surface area contributed by atoms with Crippen molar-refractivity contribution in [3.63, 3.8) is 0 Å². The fraction of sp³-hybridized carbons (Fsp3) is 0.538. The first kappa shape index (κ1) is 13.7. The molecule has 0 aliphatic heterocycles. The van der Waals surface area contributed by atoms with Gasteiger partial charge in [0.25, 0.3) is 0 Å². The molecule has 1 N–H and O–H groups in total. The summed E-state index contributed by atoms with van der Waals surface area (Å²) in [6.07, 6.45) is -1.10. The lowest BCUT2D eigenvalue weighted by molar-refractivity contribution is -0.137. The number of anilines is 1. The first-order valence-electron chi connectivity index (χ1n) is 5.97. The van der Waals surface area contributed by atoms with E-state index in [2.05, 4.69) is 28.2 Å². The number of benzene rings is 1. The summed E-state index contributed by atoms with van der Waals surface area (Å²) in [7, 11) is 0. The van der Waals surface area contributed by atoms with Crippen LogP contribution in [0.5, 0.6) is 0 Å². The molecule has 0 spiro atoms. The Bertz CT molecular complexity index is 438. The number of hydrogen-bond donors (Lipinski definition) is 1. The second-order valence-corrected chi connectivity index (χ2v) is 5.81. The summed E-state index contributed by atoms with van der Waals surface area (Å²) >= 11 is 3.21. The molecule has 18 heavy (non-hydrogen) atoms. The van der Waals surface area contributed by atoms with E-state index in [1.807, 2.05) is 0 Å². The molecular weight excluding hydrogens is 307 g/mol. The van der Waals surface area contributed by atoms with Gasteiger partial charge in [-0.3, -0.25) is 0 Å². The molecule has 2 rings (SSSR count). The Labute approximate surface area is 113 Å². The molecule has 1 fully saturated rings. The van der Waals surface area contributed by atoms with Gasteiger partial charge in [0.05, 0.1) is 5.56 Å². The fourth-order valence-corrected chi connectivity index (χ4v) is 2.39. The monoisotopic (exact) mass is 321 g/mol. The molecule has 1 nitrogen and oxygen atoms in total. The summed E-state index contributed by atoms with van der Waals surface area (Å²) in [6, 6.07) is 4.02. The molecule has 0 atom stereocenters. The van der Waals surface area contributed by atoms with Crippen LogP contribution in [0.15, 0.2) is 22.7 Å². The Morgan fingerprint density at radius 2 is 2.00 bits per heavy atom. The van der Waals surface area contributed by atoms with E-state index in [4.69, 9.17) is 0 Å². The highest BCUT2D eigenvalue weighted by atomic mass is 79.9. The van der Waals surface area contributed by atoms with Gasteiger partial charge in [-0.2, -0.15) is 13.2 Å². The quantitative estimate of drug-likeness (QED) is 0.816. The molecule has 1 aromatic rings. The van der Waals surface area contributed by atoms with Gasteiger partial charge in [-0.1, -0.05) is 22.9 Å². The van der Waals surface area contributed by atoms with Gasteiger partial charge in [0, 0.05) is 16.7 Å². The lowest BCUT2D eigenvalue weighted by Crippen LogP contribution is -2.17. The van der Waals surface area contributed by atoms with Crippen molar-refractivity contribution < 1.29 is 13.2 Å². The highest BCUT2D eigenvalue weighted by Crippen LogP contribution is 2.49. The summed E-state index contributed by atoms with van der Waals surface area (Å²) < 4.78 is 39.2. The molecule has 100 valence electrons. The zero-order chi connectivity index (χ0) is 13.4. The van der Waals surface area contributed by atoms with E-state index in [0.717, 1.165) is 25.3 Å². The highest BCUT2D eigenvalue weighted by Gasteiger charge is 2.41. The van der Waals surface area contributed by atoms with Crippen molar-refractivity contribution in [2.75, 3.05) is 11.9 Å². The largest absolute Gasteiger partial charge is 0.418 e. The van der Waals surface area contributed by atoms with Crippen LogP contribution in [0.4, 0.5) is 18.9 Å². The van der Waals surface area contributed by atoms with E-state index in [1.165, 1.54) is 12.1 Å². The van der Waals surface area contributed by atoms with Crippen molar-refractivity contribution >= 4 is 21.6 Å². The van der Waals surface area contributed by atoms with Crippen LogP contribution >= 0.6 is 15.9 Å². The molecule has 0 radical (unpaired) electrons. The minimum Gasteiger partial charge on any atom is -0.384 e. The summed E-state index contributed by atoms with van der Waals surface area (Å²) in [4.78, 5) is 0. The van der Waals surface area contributed by atoms with E-state index in [0.29, 0.717) is 11.0 Å². The highest BCUT2D eigenvalue weighted by molar-refractivity contribution is 9.10. The molecule has 1 saturated carbocycles. The van der Waals surface area contributed by atoms with Gasteiger partial charge >= 0.3 is 6.18 Å². The van der Waals surface area contributed by atoms with Crippen LogP contribution in [0.1, 0.15) is 31.7 Å². The third-order valence-electron chi connectivity index (χ3n) is 3.65. The third-order valence-corrected chi connectivity index (χ3v) is 4.14. The second-order valence-electron chi connectivity index (χ2n) is 4.89. The van der Waals surface area contributed by atoms with Crippen LogP contribution < -0.4 is 5.32 Å². The van der Waals surface area contributed by atoms with Crippen LogP contribution in [-0.2, 0) is 6.18 Å². The van der Waals surface area contributed by atoms with Gasteiger partial charge in [-0.05, 0) is 42.9 Å². The predicted octanol–water partition coefficient (Wildman–Crippen LogP) is 5.07. The van der Waals surface area contributed by atoms with E-state index >= 15 is 0 Å². The molecule has 0 unspecified atom stereocenters. The molecule has 1 aromatic carbocycles. The van der Waals surface area contributed by atoms with Gasteiger partial charge in [0.15, 0.2) is 0 Å². The van der Waals surface area contributed by atoms with Gasteiger partial charge in [0.2, 0.25) is 0 Å². The Hall–Kier alpha value is -0.710. The number of rotatable bonds is 4. The van der Waals surface area contributed by atoms with Crippen molar-refractivity contribution in [3.8, 4) is 0 Å². The minimum absolute atomic E-state index is 0.164. The van der Waals surface area contributed by atoms with Crippen molar-refractivity contribution in [3.05, 3.63) is 28.2 Å². The van der Waals surface area contributed by atoms with E-state index in [9.17, 15) is 13.2 Å². The molecular formula is C13H15BrF3N. The zero-order valence-electron chi connectivity index (χ0n) is 10.1. The van der Waals surface area contributed by atoms with E-state index in [-0.39, 0.29) is 11.1 Å². The molecule has 1 aliphatic carbocycles. The van der Waals surface area contributed by atoms with Gasteiger partial charge in [0.1, 0.15) is 0 Å².